The minimum atomic E-state index is -0.639. The number of carbonyl (C=O) groups excluding carboxylic acids is 1. The number of nitrogens with one attached hydrogen (secondary N) is 1. The van der Waals surface area contributed by atoms with E-state index in [0.29, 0.717) is 17.9 Å². The Kier molecular flexibility index (Phi) is 3.12. The molecule has 0 saturated carbocycles. The summed E-state index contributed by atoms with van der Waals surface area (Å²) in [5.41, 5.74) is 1.11. The molecule has 6 heteroatoms. The van der Waals surface area contributed by atoms with Crippen LogP contribution < -0.4 is 5.32 Å². The van der Waals surface area contributed by atoms with Crippen LogP contribution in [0.4, 0.5) is 0 Å². The number of rotatable bonds is 2. The van der Waals surface area contributed by atoms with E-state index in [1.807, 2.05) is 0 Å². The SMILES string of the molecule is Cc1cc(C(=O)N[C@@H]2COC[C@H]2O)cnn1. The van der Waals surface area contributed by atoms with Gasteiger partial charge in [-0.2, -0.15) is 10.2 Å². The van der Waals surface area contributed by atoms with Gasteiger partial charge in [0.15, 0.2) is 0 Å². The Morgan fingerprint density at radius 1 is 1.62 bits per heavy atom. The molecule has 1 aliphatic heterocycles. The normalized spacial score (nSPS) is 24.4. The lowest BCUT2D eigenvalue weighted by molar-refractivity contribution is 0.0885. The third-order valence-electron chi connectivity index (χ3n) is 2.41. The van der Waals surface area contributed by atoms with Gasteiger partial charge in [0.05, 0.1) is 42.8 Å². The summed E-state index contributed by atoms with van der Waals surface area (Å²) in [5, 5.41) is 19.6. The standard InChI is InChI=1S/C10H13N3O3/c1-6-2-7(3-11-13-6)10(15)12-8-4-16-5-9(8)14/h2-3,8-9,14H,4-5H2,1H3,(H,12,15)/t8-,9-/m1/s1. The molecular formula is C10H13N3O3. The number of carbonyl (C=O) groups is 1. The minimum Gasteiger partial charge on any atom is -0.388 e. The molecule has 0 aromatic carbocycles. The molecule has 0 radical (unpaired) electrons. The first kappa shape index (κ1) is 11.0. The van der Waals surface area contributed by atoms with Gasteiger partial charge in [-0.05, 0) is 13.0 Å². The van der Waals surface area contributed by atoms with Crippen molar-refractivity contribution < 1.29 is 14.6 Å². The van der Waals surface area contributed by atoms with Crippen LogP contribution in [0.3, 0.4) is 0 Å². The molecule has 1 aliphatic rings. The van der Waals surface area contributed by atoms with E-state index in [2.05, 4.69) is 15.5 Å². The second-order valence-electron chi connectivity index (χ2n) is 3.77. The number of aromatic nitrogens is 2. The summed E-state index contributed by atoms with van der Waals surface area (Å²) in [4.78, 5) is 11.8. The lowest BCUT2D eigenvalue weighted by Gasteiger charge is -2.14. The van der Waals surface area contributed by atoms with Gasteiger partial charge < -0.3 is 15.2 Å². The molecule has 2 N–H and O–H groups in total. The number of nitrogens with zero attached hydrogens (tertiary/aromatic N) is 2. The third-order valence-corrected chi connectivity index (χ3v) is 2.41. The molecule has 2 heterocycles. The van der Waals surface area contributed by atoms with Gasteiger partial charge in [0, 0.05) is 0 Å². The maximum Gasteiger partial charge on any atom is 0.253 e. The molecule has 86 valence electrons. The van der Waals surface area contributed by atoms with Crippen molar-refractivity contribution in [3.63, 3.8) is 0 Å². The molecule has 2 atom stereocenters. The molecule has 1 amide bonds. The number of aliphatic hydroxyl groups excluding tert-OH is 1. The van der Waals surface area contributed by atoms with E-state index >= 15 is 0 Å². The number of amides is 1. The molecular weight excluding hydrogens is 210 g/mol. The van der Waals surface area contributed by atoms with Gasteiger partial charge in [0.1, 0.15) is 0 Å². The second kappa shape index (κ2) is 4.54. The molecule has 0 spiro atoms. The number of ether oxygens (including phenoxy) is 1. The van der Waals surface area contributed by atoms with E-state index in [-0.39, 0.29) is 18.6 Å². The van der Waals surface area contributed by atoms with Crippen molar-refractivity contribution in [2.24, 2.45) is 0 Å². The fourth-order valence-corrected chi connectivity index (χ4v) is 1.53. The van der Waals surface area contributed by atoms with Crippen molar-refractivity contribution in [1.29, 1.82) is 0 Å². The first-order chi connectivity index (χ1) is 7.66. The van der Waals surface area contributed by atoms with Crippen molar-refractivity contribution in [3.8, 4) is 0 Å². The van der Waals surface area contributed by atoms with Crippen LogP contribution >= 0.6 is 0 Å². The van der Waals surface area contributed by atoms with Crippen LogP contribution in [0.25, 0.3) is 0 Å². The van der Waals surface area contributed by atoms with Gasteiger partial charge in [-0.25, -0.2) is 0 Å². The van der Waals surface area contributed by atoms with Gasteiger partial charge in [-0.15, -0.1) is 0 Å². The highest BCUT2D eigenvalue weighted by Crippen LogP contribution is 2.06. The predicted octanol–water partition coefficient (Wildman–Crippen LogP) is -0.725. The highest BCUT2D eigenvalue weighted by atomic mass is 16.5. The Labute approximate surface area is 92.6 Å². The van der Waals surface area contributed by atoms with Crippen LogP contribution in [0.2, 0.25) is 0 Å². The molecule has 1 aromatic heterocycles. The van der Waals surface area contributed by atoms with Crippen LogP contribution in [0, 0.1) is 6.92 Å². The zero-order chi connectivity index (χ0) is 11.5. The summed E-state index contributed by atoms with van der Waals surface area (Å²) in [7, 11) is 0. The maximum atomic E-state index is 11.8. The fraction of sp³-hybridized carbons (Fsp3) is 0.500. The Hall–Kier alpha value is -1.53. The van der Waals surface area contributed by atoms with Crippen molar-refractivity contribution in [2.45, 2.75) is 19.1 Å². The number of aryl methyl sites for hydroxylation is 1. The molecule has 16 heavy (non-hydrogen) atoms. The van der Waals surface area contributed by atoms with Gasteiger partial charge in [-0.1, -0.05) is 0 Å². The topological polar surface area (TPSA) is 84.3 Å². The zero-order valence-electron chi connectivity index (χ0n) is 8.88. The smallest absolute Gasteiger partial charge is 0.253 e. The van der Waals surface area contributed by atoms with E-state index in [1.54, 1.807) is 13.0 Å². The van der Waals surface area contributed by atoms with E-state index in [1.165, 1.54) is 6.20 Å². The molecule has 0 bridgehead atoms. The summed E-state index contributed by atoms with van der Waals surface area (Å²) in [6, 6.07) is 1.30. The van der Waals surface area contributed by atoms with Crippen molar-refractivity contribution in [1.82, 2.24) is 15.5 Å². The molecule has 0 unspecified atom stereocenters. The average molecular weight is 223 g/mol. The molecule has 2 rings (SSSR count). The number of aliphatic hydroxyl groups is 1. The third kappa shape index (κ3) is 2.34. The molecule has 6 nitrogen and oxygen atoms in total. The molecule has 1 fully saturated rings. The van der Waals surface area contributed by atoms with E-state index in [4.69, 9.17) is 4.74 Å². The summed E-state index contributed by atoms with van der Waals surface area (Å²) in [6.45, 7) is 2.36. The average Bonchev–Trinajstić information content (AvgIpc) is 2.64. The van der Waals surface area contributed by atoms with Gasteiger partial charge in [0.2, 0.25) is 0 Å². The Morgan fingerprint density at radius 2 is 2.44 bits per heavy atom. The summed E-state index contributed by atoms with van der Waals surface area (Å²) >= 11 is 0. The first-order valence-corrected chi connectivity index (χ1v) is 5.03. The van der Waals surface area contributed by atoms with Crippen LogP contribution in [0.5, 0.6) is 0 Å². The predicted molar refractivity (Wildman–Crippen MR) is 54.8 cm³/mol. The number of hydrogen-bond acceptors (Lipinski definition) is 5. The van der Waals surface area contributed by atoms with Crippen LogP contribution in [-0.2, 0) is 4.74 Å². The highest BCUT2D eigenvalue weighted by molar-refractivity contribution is 5.94. The quantitative estimate of drug-likeness (QED) is 0.691. The summed E-state index contributed by atoms with van der Waals surface area (Å²) in [5.74, 6) is -0.271. The van der Waals surface area contributed by atoms with Gasteiger partial charge >= 0.3 is 0 Å². The van der Waals surface area contributed by atoms with Crippen molar-refractivity contribution in [3.05, 3.63) is 23.5 Å². The molecule has 1 saturated heterocycles. The highest BCUT2D eigenvalue weighted by Gasteiger charge is 2.27. The lowest BCUT2D eigenvalue weighted by Crippen LogP contribution is -2.42. The maximum absolute atomic E-state index is 11.8. The van der Waals surface area contributed by atoms with E-state index in [0.717, 1.165) is 0 Å². The zero-order valence-corrected chi connectivity index (χ0v) is 8.88. The second-order valence-corrected chi connectivity index (χ2v) is 3.77. The Morgan fingerprint density at radius 3 is 3.06 bits per heavy atom. The number of hydrogen-bond donors (Lipinski definition) is 2. The van der Waals surface area contributed by atoms with Crippen LogP contribution in [0.1, 0.15) is 16.1 Å². The largest absolute Gasteiger partial charge is 0.388 e. The lowest BCUT2D eigenvalue weighted by atomic mass is 10.2. The van der Waals surface area contributed by atoms with Crippen molar-refractivity contribution >= 4 is 5.91 Å². The summed E-state index contributed by atoms with van der Waals surface area (Å²) < 4.78 is 5.04. The van der Waals surface area contributed by atoms with Crippen LogP contribution in [0.15, 0.2) is 12.3 Å². The van der Waals surface area contributed by atoms with E-state index in [9.17, 15) is 9.90 Å². The van der Waals surface area contributed by atoms with Gasteiger partial charge in [-0.3, -0.25) is 4.79 Å². The van der Waals surface area contributed by atoms with Gasteiger partial charge in [0.25, 0.3) is 5.91 Å². The first-order valence-electron chi connectivity index (χ1n) is 5.03. The summed E-state index contributed by atoms with van der Waals surface area (Å²) in [6.07, 6.45) is 0.754. The van der Waals surface area contributed by atoms with Crippen molar-refractivity contribution in [2.75, 3.05) is 13.2 Å². The molecule has 1 aromatic rings. The van der Waals surface area contributed by atoms with E-state index < -0.39 is 6.10 Å². The van der Waals surface area contributed by atoms with Crippen LogP contribution in [-0.4, -0.2) is 46.6 Å². The fourth-order valence-electron chi connectivity index (χ4n) is 1.53. The Balaban J connectivity index is 2.03. The minimum absolute atomic E-state index is 0.262. The monoisotopic (exact) mass is 223 g/mol. The Bertz CT molecular complexity index is 397. The molecule has 0 aliphatic carbocycles.